The number of aromatic nitrogens is 1. The van der Waals surface area contributed by atoms with Crippen LogP contribution in [0.15, 0.2) is 36.7 Å². The zero-order valence-electron chi connectivity index (χ0n) is 9.41. The molecule has 0 bridgehead atoms. The van der Waals surface area contributed by atoms with E-state index in [2.05, 4.69) is 4.98 Å². The highest BCUT2D eigenvalue weighted by Gasteiger charge is 2.13. The number of nitrogens with zero attached hydrogens (tertiary/aromatic N) is 1. The van der Waals surface area contributed by atoms with Gasteiger partial charge in [0.15, 0.2) is 11.6 Å². The van der Waals surface area contributed by atoms with Crippen molar-refractivity contribution in [2.45, 2.75) is 12.5 Å². The molecule has 0 spiro atoms. The third-order valence-electron chi connectivity index (χ3n) is 2.64. The smallest absolute Gasteiger partial charge is 0.159 e. The van der Waals surface area contributed by atoms with Crippen molar-refractivity contribution in [3.8, 4) is 0 Å². The number of pyridine rings is 1. The van der Waals surface area contributed by atoms with Crippen molar-refractivity contribution >= 4 is 0 Å². The van der Waals surface area contributed by atoms with E-state index in [0.717, 1.165) is 18.3 Å². The number of nitrogens with two attached hydrogens (primary N) is 1. The van der Waals surface area contributed by atoms with Gasteiger partial charge in [0.25, 0.3) is 0 Å². The van der Waals surface area contributed by atoms with Gasteiger partial charge in [-0.05, 0) is 30.2 Å². The molecule has 0 aliphatic carbocycles. The monoisotopic (exact) mass is 252 g/mol. The number of hydrogen-bond acceptors (Lipinski definition) is 2. The topological polar surface area (TPSA) is 38.9 Å². The summed E-state index contributed by atoms with van der Waals surface area (Å²) < 4.78 is 39.2. The summed E-state index contributed by atoms with van der Waals surface area (Å²) in [5, 5.41) is 0. The maximum atomic E-state index is 13.4. The minimum atomic E-state index is -0.935. The van der Waals surface area contributed by atoms with Crippen LogP contribution in [-0.4, -0.2) is 4.98 Å². The molecule has 1 unspecified atom stereocenters. The van der Waals surface area contributed by atoms with E-state index in [-0.39, 0.29) is 6.42 Å². The van der Waals surface area contributed by atoms with Crippen LogP contribution in [0.1, 0.15) is 17.2 Å². The second-order valence-corrected chi connectivity index (χ2v) is 3.96. The van der Waals surface area contributed by atoms with E-state index in [0.29, 0.717) is 11.1 Å². The van der Waals surface area contributed by atoms with Gasteiger partial charge in [-0.3, -0.25) is 4.98 Å². The second-order valence-electron chi connectivity index (χ2n) is 3.96. The Labute approximate surface area is 102 Å². The quantitative estimate of drug-likeness (QED) is 0.912. The Kier molecular flexibility index (Phi) is 3.62. The van der Waals surface area contributed by atoms with Crippen LogP contribution in [0.3, 0.4) is 0 Å². The highest BCUT2D eigenvalue weighted by molar-refractivity contribution is 5.23. The normalized spacial score (nSPS) is 12.4. The van der Waals surface area contributed by atoms with Crippen LogP contribution in [0.25, 0.3) is 0 Å². The zero-order chi connectivity index (χ0) is 13.1. The van der Waals surface area contributed by atoms with E-state index in [1.807, 2.05) is 0 Å². The van der Waals surface area contributed by atoms with Gasteiger partial charge >= 0.3 is 0 Å². The summed E-state index contributed by atoms with van der Waals surface area (Å²) in [6, 6.07) is 4.36. The fourth-order valence-electron chi connectivity index (χ4n) is 1.72. The molecule has 1 aromatic heterocycles. The molecule has 5 heteroatoms. The first kappa shape index (κ1) is 12.6. The van der Waals surface area contributed by atoms with Crippen LogP contribution in [0.5, 0.6) is 0 Å². The molecule has 0 aliphatic heterocycles. The summed E-state index contributed by atoms with van der Waals surface area (Å²) >= 11 is 0. The summed E-state index contributed by atoms with van der Waals surface area (Å²) in [5.74, 6) is -2.36. The first-order chi connectivity index (χ1) is 8.58. The molecule has 2 nitrogen and oxygen atoms in total. The highest BCUT2D eigenvalue weighted by atomic mass is 19.2. The molecule has 0 fully saturated rings. The van der Waals surface area contributed by atoms with Crippen molar-refractivity contribution in [1.82, 2.24) is 4.98 Å². The number of rotatable bonds is 3. The molecule has 94 valence electrons. The standard InChI is InChI=1S/C13H11F3N2/c14-10-2-1-8(5-11(10)15)6-13(17)9-3-4-18-7-12(9)16/h1-5,7,13H,6,17H2. The van der Waals surface area contributed by atoms with Crippen LogP contribution in [0.2, 0.25) is 0 Å². The molecule has 0 aliphatic rings. The van der Waals surface area contributed by atoms with Gasteiger partial charge in [-0.1, -0.05) is 6.07 Å². The molecule has 1 atom stereocenters. The Morgan fingerprint density at radius 2 is 1.83 bits per heavy atom. The first-order valence-electron chi connectivity index (χ1n) is 5.37. The number of hydrogen-bond donors (Lipinski definition) is 1. The van der Waals surface area contributed by atoms with Crippen molar-refractivity contribution in [3.05, 3.63) is 65.2 Å². The van der Waals surface area contributed by atoms with Crippen LogP contribution >= 0.6 is 0 Å². The third-order valence-corrected chi connectivity index (χ3v) is 2.64. The average molecular weight is 252 g/mol. The lowest BCUT2D eigenvalue weighted by molar-refractivity contribution is 0.505. The summed E-state index contributed by atoms with van der Waals surface area (Å²) in [5.41, 5.74) is 6.64. The van der Waals surface area contributed by atoms with Gasteiger partial charge in [-0.25, -0.2) is 13.2 Å². The first-order valence-corrected chi connectivity index (χ1v) is 5.37. The Bertz CT molecular complexity index is 558. The summed E-state index contributed by atoms with van der Waals surface area (Å²) in [6.45, 7) is 0. The Hall–Kier alpha value is -1.88. The van der Waals surface area contributed by atoms with Crippen molar-refractivity contribution in [3.63, 3.8) is 0 Å². The maximum absolute atomic E-state index is 13.4. The maximum Gasteiger partial charge on any atom is 0.159 e. The lowest BCUT2D eigenvalue weighted by atomic mass is 10.00. The Balaban J connectivity index is 2.19. The van der Waals surface area contributed by atoms with E-state index >= 15 is 0 Å². The molecule has 0 saturated carbocycles. The highest BCUT2D eigenvalue weighted by Crippen LogP contribution is 2.19. The van der Waals surface area contributed by atoms with Gasteiger partial charge in [-0.2, -0.15) is 0 Å². The van der Waals surface area contributed by atoms with Crippen molar-refractivity contribution < 1.29 is 13.2 Å². The zero-order valence-corrected chi connectivity index (χ0v) is 9.41. The average Bonchev–Trinajstić information content (AvgIpc) is 2.34. The van der Waals surface area contributed by atoms with Crippen molar-refractivity contribution in [1.29, 1.82) is 0 Å². The minimum Gasteiger partial charge on any atom is -0.324 e. The fourth-order valence-corrected chi connectivity index (χ4v) is 1.72. The molecule has 0 radical (unpaired) electrons. The third kappa shape index (κ3) is 2.68. The van der Waals surface area contributed by atoms with Crippen molar-refractivity contribution in [2.24, 2.45) is 5.73 Å². The largest absolute Gasteiger partial charge is 0.324 e. The molecular weight excluding hydrogens is 241 g/mol. The molecule has 2 rings (SSSR count). The van der Waals surface area contributed by atoms with Gasteiger partial charge in [0, 0.05) is 17.8 Å². The van der Waals surface area contributed by atoms with Gasteiger partial charge in [0.1, 0.15) is 5.82 Å². The van der Waals surface area contributed by atoms with Crippen LogP contribution in [0, 0.1) is 17.5 Å². The fraction of sp³-hybridized carbons (Fsp3) is 0.154. The molecule has 2 N–H and O–H groups in total. The molecule has 1 aromatic carbocycles. The lowest BCUT2D eigenvalue weighted by Gasteiger charge is -2.12. The number of benzene rings is 1. The van der Waals surface area contributed by atoms with Gasteiger partial charge in [0.05, 0.1) is 6.20 Å². The molecule has 18 heavy (non-hydrogen) atoms. The Morgan fingerprint density at radius 1 is 1.06 bits per heavy atom. The summed E-state index contributed by atoms with van der Waals surface area (Å²) in [7, 11) is 0. The molecule has 2 aromatic rings. The van der Waals surface area contributed by atoms with Crippen molar-refractivity contribution in [2.75, 3.05) is 0 Å². The van der Waals surface area contributed by atoms with E-state index in [1.54, 1.807) is 0 Å². The molecule has 0 saturated heterocycles. The summed E-state index contributed by atoms with van der Waals surface area (Å²) in [4.78, 5) is 3.62. The predicted molar refractivity (Wildman–Crippen MR) is 61.2 cm³/mol. The van der Waals surface area contributed by atoms with Gasteiger partial charge in [-0.15, -0.1) is 0 Å². The van der Waals surface area contributed by atoms with E-state index < -0.39 is 23.5 Å². The van der Waals surface area contributed by atoms with Crippen LogP contribution < -0.4 is 5.73 Å². The minimum absolute atomic E-state index is 0.220. The lowest BCUT2D eigenvalue weighted by Crippen LogP contribution is -2.15. The van der Waals surface area contributed by atoms with Gasteiger partial charge < -0.3 is 5.73 Å². The molecule has 0 amide bonds. The Morgan fingerprint density at radius 3 is 2.50 bits per heavy atom. The van der Waals surface area contributed by atoms with Crippen LogP contribution in [-0.2, 0) is 6.42 Å². The predicted octanol–water partition coefficient (Wildman–Crippen LogP) is 2.74. The van der Waals surface area contributed by atoms with E-state index in [4.69, 9.17) is 5.73 Å². The number of halogens is 3. The second kappa shape index (κ2) is 5.18. The molecular formula is C13H11F3N2. The van der Waals surface area contributed by atoms with E-state index in [1.165, 1.54) is 18.3 Å². The molecule has 1 heterocycles. The van der Waals surface area contributed by atoms with Crippen LogP contribution in [0.4, 0.5) is 13.2 Å². The van der Waals surface area contributed by atoms with Gasteiger partial charge in [0.2, 0.25) is 0 Å². The van der Waals surface area contributed by atoms with E-state index in [9.17, 15) is 13.2 Å². The summed E-state index contributed by atoms with van der Waals surface area (Å²) in [6.07, 6.45) is 2.72. The SMILES string of the molecule is NC(Cc1ccc(F)c(F)c1)c1ccncc1F.